The number of ketones is 1. The molecule has 1 N–H and O–H groups in total. The first-order valence-electron chi connectivity index (χ1n) is 3.52. The average molecular weight is 195 g/mol. The highest BCUT2D eigenvalue weighted by Gasteiger charge is 2.39. The molecule has 1 heterocycles. The van der Waals surface area contributed by atoms with Gasteiger partial charge in [0.2, 0.25) is 20.7 Å². The van der Waals surface area contributed by atoms with Gasteiger partial charge in [-0.2, -0.15) is 0 Å². The van der Waals surface area contributed by atoms with E-state index in [9.17, 15) is 13.2 Å². The first kappa shape index (κ1) is 8.12. The van der Waals surface area contributed by atoms with E-state index >= 15 is 0 Å². The predicted octanol–water partition coefficient (Wildman–Crippen LogP) is 0.634. The molecule has 0 aromatic heterocycles. The molecule has 0 spiro atoms. The van der Waals surface area contributed by atoms with Crippen LogP contribution >= 0.6 is 0 Å². The van der Waals surface area contributed by atoms with Crippen molar-refractivity contribution >= 4 is 20.7 Å². The molecular formula is C8H5NO3S. The third-order valence-corrected chi connectivity index (χ3v) is 3.55. The summed E-state index contributed by atoms with van der Waals surface area (Å²) in [7, 11) is -3.80. The van der Waals surface area contributed by atoms with E-state index in [1.165, 1.54) is 18.2 Å². The molecule has 5 heteroatoms. The quantitative estimate of drug-likeness (QED) is 0.659. The Balaban J connectivity index is 2.91. The minimum atomic E-state index is -3.80. The fourth-order valence-corrected chi connectivity index (χ4v) is 2.52. The van der Waals surface area contributed by atoms with Gasteiger partial charge in [0.1, 0.15) is 0 Å². The highest BCUT2D eigenvalue weighted by Crippen LogP contribution is 2.26. The first-order valence-corrected chi connectivity index (χ1v) is 5.01. The molecule has 66 valence electrons. The van der Waals surface area contributed by atoms with Crippen LogP contribution in [0.5, 0.6) is 0 Å². The second-order valence-electron chi connectivity index (χ2n) is 2.66. The zero-order valence-corrected chi connectivity index (χ0v) is 7.26. The largest absolute Gasteiger partial charge is 0.286 e. The van der Waals surface area contributed by atoms with E-state index in [-0.39, 0.29) is 10.5 Å². The lowest BCUT2D eigenvalue weighted by Gasteiger charge is -1.92. The maximum Gasteiger partial charge on any atom is 0.227 e. The van der Waals surface area contributed by atoms with E-state index in [0.29, 0.717) is 0 Å². The summed E-state index contributed by atoms with van der Waals surface area (Å²) in [5.41, 5.74) is 0.104. The van der Waals surface area contributed by atoms with Gasteiger partial charge in [-0.15, -0.1) is 0 Å². The summed E-state index contributed by atoms with van der Waals surface area (Å²) in [6.07, 6.45) is 0. The number of benzene rings is 1. The number of nitrogens with one attached hydrogen (secondary N) is 1. The van der Waals surface area contributed by atoms with Crippen molar-refractivity contribution in [2.75, 3.05) is 0 Å². The molecule has 13 heavy (non-hydrogen) atoms. The Morgan fingerprint density at radius 1 is 1.15 bits per heavy atom. The molecular weight excluding hydrogens is 190 g/mol. The number of sulfone groups is 1. The number of carbonyl (C=O) groups excluding carboxylic acids is 1. The molecule has 0 aliphatic carbocycles. The lowest BCUT2D eigenvalue weighted by molar-refractivity contribution is 0.106. The Bertz CT molecular complexity index is 516. The van der Waals surface area contributed by atoms with Gasteiger partial charge in [0.15, 0.2) is 0 Å². The van der Waals surface area contributed by atoms with Crippen LogP contribution in [0.4, 0.5) is 0 Å². The summed E-state index contributed by atoms with van der Waals surface area (Å²) in [5, 5.41) is 6.28. The molecule has 0 unspecified atom stereocenters. The number of hydrogen-bond donors (Lipinski definition) is 1. The minimum Gasteiger partial charge on any atom is -0.286 e. The molecule has 2 rings (SSSR count). The SMILES string of the molecule is N=C1C(=O)c2ccccc2S1(=O)=O. The van der Waals surface area contributed by atoms with Crippen molar-refractivity contribution < 1.29 is 13.2 Å². The van der Waals surface area contributed by atoms with Crippen molar-refractivity contribution in [1.82, 2.24) is 0 Å². The van der Waals surface area contributed by atoms with Gasteiger partial charge in [0, 0.05) is 5.56 Å². The molecule has 0 fully saturated rings. The van der Waals surface area contributed by atoms with Crippen molar-refractivity contribution in [1.29, 1.82) is 5.41 Å². The molecule has 0 atom stereocenters. The van der Waals surface area contributed by atoms with Gasteiger partial charge in [-0.1, -0.05) is 12.1 Å². The van der Waals surface area contributed by atoms with Crippen LogP contribution in [0.3, 0.4) is 0 Å². The van der Waals surface area contributed by atoms with Crippen LogP contribution < -0.4 is 0 Å². The van der Waals surface area contributed by atoms with E-state index in [0.717, 1.165) is 0 Å². The maximum atomic E-state index is 11.3. The average Bonchev–Trinajstić information content (AvgIpc) is 2.30. The topological polar surface area (TPSA) is 75.1 Å². The van der Waals surface area contributed by atoms with Gasteiger partial charge in [-0.3, -0.25) is 10.2 Å². The second-order valence-corrected chi connectivity index (χ2v) is 4.51. The number of rotatable bonds is 0. The van der Waals surface area contributed by atoms with Crippen LogP contribution in [-0.2, 0) is 9.84 Å². The van der Waals surface area contributed by atoms with Crippen molar-refractivity contribution in [3.8, 4) is 0 Å². The summed E-state index contributed by atoms with van der Waals surface area (Å²) in [6, 6.07) is 5.86. The zero-order chi connectivity index (χ0) is 9.64. The molecule has 0 saturated heterocycles. The van der Waals surface area contributed by atoms with Gasteiger partial charge in [-0.25, -0.2) is 8.42 Å². The van der Waals surface area contributed by atoms with Gasteiger partial charge in [0.25, 0.3) is 0 Å². The molecule has 0 radical (unpaired) electrons. The second kappa shape index (κ2) is 2.26. The normalized spacial score (nSPS) is 18.8. The molecule has 0 saturated carbocycles. The van der Waals surface area contributed by atoms with E-state index < -0.39 is 20.7 Å². The third-order valence-electron chi connectivity index (χ3n) is 1.90. The number of fused-ring (bicyclic) bond motifs is 1. The Hall–Kier alpha value is -1.49. The van der Waals surface area contributed by atoms with Crippen molar-refractivity contribution in [3.63, 3.8) is 0 Å². The highest BCUT2D eigenvalue weighted by molar-refractivity contribution is 8.09. The van der Waals surface area contributed by atoms with Crippen molar-refractivity contribution in [2.45, 2.75) is 4.90 Å². The standard InChI is InChI=1S/C8H5NO3S/c9-8-7(10)5-3-1-2-4-6(5)13(8,11)12/h1-4,9H. The summed E-state index contributed by atoms with van der Waals surface area (Å²) < 4.78 is 22.7. The lowest BCUT2D eigenvalue weighted by Crippen LogP contribution is -2.12. The summed E-state index contributed by atoms with van der Waals surface area (Å²) in [5.74, 6) is -0.712. The number of Topliss-reactive ketones (excluding diaryl/α,β-unsaturated/α-hetero) is 1. The fourth-order valence-electron chi connectivity index (χ4n) is 1.24. The van der Waals surface area contributed by atoms with Crippen LogP contribution in [0.25, 0.3) is 0 Å². The van der Waals surface area contributed by atoms with Crippen LogP contribution in [-0.4, -0.2) is 19.2 Å². The monoisotopic (exact) mass is 195 g/mol. The molecule has 0 bridgehead atoms. The van der Waals surface area contributed by atoms with Crippen LogP contribution in [0.15, 0.2) is 29.2 Å². The number of hydrogen-bond acceptors (Lipinski definition) is 4. The van der Waals surface area contributed by atoms with E-state index in [1.807, 2.05) is 0 Å². The Morgan fingerprint density at radius 2 is 1.77 bits per heavy atom. The summed E-state index contributed by atoms with van der Waals surface area (Å²) in [4.78, 5) is 11.2. The minimum absolute atomic E-state index is 0.0509. The van der Waals surface area contributed by atoms with E-state index in [4.69, 9.17) is 5.41 Å². The number of carbonyl (C=O) groups is 1. The Kier molecular flexibility index (Phi) is 1.41. The summed E-state index contributed by atoms with van der Waals surface area (Å²) in [6.45, 7) is 0. The van der Waals surface area contributed by atoms with Crippen molar-refractivity contribution in [2.24, 2.45) is 0 Å². The third kappa shape index (κ3) is 0.874. The molecule has 4 nitrogen and oxygen atoms in total. The first-order chi connectivity index (χ1) is 6.05. The zero-order valence-electron chi connectivity index (χ0n) is 6.44. The fraction of sp³-hybridized carbons (Fsp3) is 0. The van der Waals surface area contributed by atoms with Crippen LogP contribution in [0.2, 0.25) is 0 Å². The smallest absolute Gasteiger partial charge is 0.227 e. The van der Waals surface area contributed by atoms with Gasteiger partial charge in [0.05, 0.1) is 4.90 Å². The Labute approximate surface area is 74.6 Å². The maximum absolute atomic E-state index is 11.3. The van der Waals surface area contributed by atoms with Crippen molar-refractivity contribution in [3.05, 3.63) is 29.8 Å². The summed E-state index contributed by atoms with van der Waals surface area (Å²) >= 11 is 0. The molecule has 1 aliphatic rings. The van der Waals surface area contributed by atoms with Gasteiger partial charge in [-0.05, 0) is 12.1 Å². The molecule has 1 aliphatic heterocycles. The molecule has 1 aromatic carbocycles. The lowest BCUT2D eigenvalue weighted by atomic mass is 10.1. The van der Waals surface area contributed by atoms with Crippen LogP contribution in [0, 0.1) is 5.41 Å². The van der Waals surface area contributed by atoms with Crippen LogP contribution in [0.1, 0.15) is 10.4 Å². The highest BCUT2D eigenvalue weighted by atomic mass is 32.2. The van der Waals surface area contributed by atoms with E-state index in [2.05, 4.69) is 0 Å². The van der Waals surface area contributed by atoms with E-state index in [1.54, 1.807) is 6.07 Å². The van der Waals surface area contributed by atoms with Gasteiger partial charge < -0.3 is 0 Å². The Morgan fingerprint density at radius 3 is 2.38 bits per heavy atom. The molecule has 0 amide bonds. The molecule has 1 aromatic rings. The van der Waals surface area contributed by atoms with Gasteiger partial charge >= 0.3 is 0 Å². The predicted molar refractivity (Wildman–Crippen MR) is 45.7 cm³/mol.